The van der Waals surface area contributed by atoms with Crippen LogP contribution in [0.4, 0.5) is 0 Å². The van der Waals surface area contributed by atoms with Crippen molar-refractivity contribution in [3.63, 3.8) is 0 Å². The Morgan fingerprint density at radius 2 is 2.13 bits per heavy atom. The molecular weight excluding hydrogens is 214 g/mol. The van der Waals surface area contributed by atoms with Crippen molar-refractivity contribution in [2.75, 3.05) is 12.5 Å². The molecule has 1 heterocycles. The van der Waals surface area contributed by atoms with Gasteiger partial charge in [0.25, 0.3) is 0 Å². The zero-order valence-electron chi connectivity index (χ0n) is 7.94. The van der Waals surface area contributed by atoms with Crippen molar-refractivity contribution < 1.29 is 9.15 Å². The third-order valence-corrected chi connectivity index (χ3v) is 1.99. The molecule has 0 amide bonds. The van der Waals surface area contributed by atoms with Crippen LogP contribution in [0.2, 0.25) is 0 Å². The first-order valence-corrected chi connectivity index (χ1v) is 5.04. The lowest BCUT2D eigenvalue weighted by Crippen LogP contribution is -1.97. The zero-order valence-corrected chi connectivity index (χ0v) is 8.70. The summed E-state index contributed by atoms with van der Waals surface area (Å²) >= 11 is 5.51. The van der Waals surface area contributed by atoms with E-state index in [2.05, 4.69) is 11.2 Å². The first-order valence-electron chi connectivity index (χ1n) is 4.51. The predicted octanol–water partition coefficient (Wildman–Crippen LogP) is 2.76. The Kier molecular flexibility index (Phi) is 3.25. The highest BCUT2D eigenvalue weighted by Gasteiger charge is 2.02. The van der Waals surface area contributed by atoms with Gasteiger partial charge in [-0.2, -0.15) is 0 Å². The minimum absolute atomic E-state index is 0.483. The first kappa shape index (κ1) is 10.1. The van der Waals surface area contributed by atoms with E-state index >= 15 is 0 Å². The lowest BCUT2D eigenvalue weighted by atomic mass is 10.2. The number of rotatable bonds is 4. The summed E-state index contributed by atoms with van der Waals surface area (Å²) in [5, 5.41) is 0. The molecule has 0 saturated heterocycles. The lowest BCUT2D eigenvalue weighted by molar-refractivity contribution is 0.343. The molecule has 0 aliphatic heterocycles. The number of halogens is 1. The minimum atomic E-state index is 0.483. The van der Waals surface area contributed by atoms with Gasteiger partial charge in [0.05, 0.1) is 5.88 Å². The van der Waals surface area contributed by atoms with Gasteiger partial charge in [-0.3, -0.25) is 0 Å². The van der Waals surface area contributed by atoms with Gasteiger partial charge in [0.15, 0.2) is 0 Å². The highest BCUT2D eigenvalue weighted by atomic mass is 35.5. The lowest BCUT2D eigenvalue weighted by Gasteiger charge is -2.03. The second-order valence-electron chi connectivity index (χ2n) is 2.84. The number of hydrogen-bond donors (Lipinski definition) is 0. The topological polar surface area (TPSA) is 35.3 Å². The van der Waals surface area contributed by atoms with Gasteiger partial charge in [-0.05, 0) is 24.3 Å². The third-order valence-electron chi connectivity index (χ3n) is 1.84. The van der Waals surface area contributed by atoms with Crippen molar-refractivity contribution in [3.8, 4) is 17.2 Å². The number of aromatic nitrogens is 1. The summed E-state index contributed by atoms with van der Waals surface area (Å²) in [4.78, 5) is 3.92. The number of nitrogens with zero attached hydrogens (tertiary/aromatic N) is 1. The number of ether oxygens (including phenoxy) is 1. The minimum Gasteiger partial charge on any atom is -0.492 e. The summed E-state index contributed by atoms with van der Waals surface area (Å²) < 4.78 is 10.4. The molecule has 1 radical (unpaired) electrons. The number of oxazole rings is 1. The highest BCUT2D eigenvalue weighted by molar-refractivity contribution is 6.18. The van der Waals surface area contributed by atoms with Crippen LogP contribution in [-0.2, 0) is 0 Å². The Hall–Kier alpha value is -1.48. The average molecular weight is 223 g/mol. The smallest absolute Gasteiger partial charge is 0.226 e. The molecule has 0 spiro atoms. The van der Waals surface area contributed by atoms with Crippen LogP contribution in [-0.4, -0.2) is 17.5 Å². The molecule has 0 fully saturated rings. The van der Waals surface area contributed by atoms with Crippen LogP contribution in [0.25, 0.3) is 11.5 Å². The maximum Gasteiger partial charge on any atom is 0.226 e. The van der Waals surface area contributed by atoms with Crippen LogP contribution in [0.3, 0.4) is 0 Å². The number of benzene rings is 1. The second-order valence-corrected chi connectivity index (χ2v) is 3.22. The molecule has 77 valence electrons. The SMILES string of the molecule is ClCCOc1ccc(-c2n[c]co2)cc1. The van der Waals surface area contributed by atoms with E-state index < -0.39 is 0 Å². The van der Waals surface area contributed by atoms with Crippen molar-refractivity contribution in [1.29, 1.82) is 0 Å². The van der Waals surface area contributed by atoms with Gasteiger partial charge in [0.1, 0.15) is 24.8 Å². The summed E-state index contributed by atoms with van der Waals surface area (Å²) in [6, 6.07) is 7.46. The van der Waals surface area contributed by atoms with Gasteiger partial charge < -0.3 is 9.15 Å². The van der Waals surface area contributed by atoms with Gasteiger partial charge in [0.2, 0.25) is 5.89 Å². The summed E-state index contributed by atoms with van der Waals surface area (Å²) in [5.74, 6) is 1.82. The van der Waals surface area contributed by atoms with E-state index in [0.717, 1.165) is 11.3 Å². The largest absolute Gasteiger partial charge is 0.492 e. The van der Waals surface area contributed by atoms with Gasteiger partial charge in [-0.1, -0.05) is 0 Å². The van der Waals surface area contributed by atoms with Crippen LogP contribution >= 0.6 is 11.6 Å². The molecule has 2 aromatic rings. The quantitative estimate of drug-likeness (QED) is 0.747. The van der Waals surface area contributed by atoms with E-state index in [4.69, 9.17) is 20.8 Å². The van der Waals surface area contributed by atoms with Crippen LogP contribution in [0, 0.1) is 6.20 Å². The molecule has 0 atom stereocenters. The van der Waals surface area contributed by atoms with Crippen LogP contribution in [0.1, 0.15) is 0 Å². The molecule has 0 unspecified atom stereocenters. The molecule has 0 bridgehead atoms. The van der Waals surface area contributed by atoms with Crippen LogP contribution < -0.4 is 4.74 Å². The van der Waals surface area contributed by atoms with Crippen molar-refractivity contribution in [1.82, 2.24) is 4.98 Å². The molecule has 15 heavy (non-hydrogen) atoms. The van der Waals surface area contributed by atoms with Gasteiger partial charge in [0, 0.05) is 5.56 Å². The summed E-state index contributed by atoms with van der Waals surface area (Å²) in [7, 11) is 0. The van der Waals surface area contributed by atoms with Gasteiger partial charge in [-0.15, -0.1) is 11.6 Å². The van der Waals surface area contributed by atoms with Crippen molar-refractivity contribution in [2.45, 2.75) is 0 Å². The van der Waals surface area contributed by atoms with E-state index in [-0.39, 0.29) is 0 Å². The van der Waals surface area contributed by atoms with Crippen molar-refractivity contribution in [3.05, 3.63) is 36.7 Å². The Morgan fingerprint density at radius 3 is 2.73 bits per heavy atom. The molecular formula is C11H9ClNO2. The fourth-order valence-electron chi connectivity index (χ4n) is 1.18. The van der Waals surface area contributed by atoms with E-state index in [1.807, 2.05) is 24.3 Å². The molecule has 1 aromatic heterocycles. The van der Waals surface area contributed by atoms with E-state index in [0.29, 0.717) is 18.4 Å². The summed E-state index contributed by atoms with van der Waals surface area (Å²) in [6.45, 7) is 0.508. The van der Waals surface area contributed by atoms with Crippen molar-refractivity contribution >= 4 is 11.6 Å². The second kappa shape index (κ2) is 4.84. The number of hydrogen-bond acceptors (Lipinski definition) is 3. The van der Waals surface area contributed by atoms with Crippen LogP contribution in [0.5, 0.6) is 5.75 Å². The zero-order chi connectivity index (χ0) is 10.5. The molecule has 2 rings (SSSR count). The maximum absolute atomic E-state index is 5.51. The maximum atomic E-state index is 5.51. The Bertz CT molecular complexity index is 397. The molecule has 3 nitrogen and oxygen atoms in total. The van der Waals surface area contributed by atoms with E-state index in [9.17, 15) is 0 Å². The molecule has 0 aliphatic carbocycles. The standard InChI is InChI=1S/C11H9ClNO2/c12-5-7-14-10-3-1-9(2-4-10)11-13-6-8-15-11/h1-4,8H,5,7H2. The Morgan fingerprint density at radius 1 is 1.33 bits per heavy atom. The average Bonchev–Trinajstić information content (AvgIpc) is 2.80. The first-order chi connectivity index (χ1) is 7.40. The predicted molar refractivity (Wildman–Crippen MR) is 57.0 cm³/mol. The normalized spacial score (nSPS) is 10.2. The molecule has 0 saturated carbocycles. The molecule has 1 aromatic carbocycles. The molecule has 0 N–H and O–H groups in total. The van der Waals surface area contributed by atoms with E-state index in [1.165, 1.54) is 6.26 Å². The Labute approximate surface area is 92.6 Å². The third kappa shape index (κ3) is 2.50. The molecule has 0 aliphatic rings. The fraction of sp³-hybridized carbons (Fsp3) is 0.182. The van der Waals surface area contributed by atoms with Gasteiger partial charge >= 0.3 is 0 Å². The highest BCUT2D eigenvalue weighted by Crippen LogP contribution is 2.20. The van der Waals surface area contributed by atoms with Gasteiger partial charge in [-0.25, -0.2) is 4.98 Å². The van der Waals surface area contributed by atoms with Crippen LogP contribution in [0.15, 0.2) is 34.9 Å². The summed E-state index contributed by atoms with van der Waals surface area (Å²) in [6.07, 6.45) is 4.04. The van der Waals surface area contributed by atoms with E-state index in [1.54, 1.807) is 0 Å². The Balaban J connectivity index is 2.11. The number of alkyl halides is 1. The summed E-state index contributed by atoms with van der Waals surface area (Å²) in [5.41, 5.74) is 0.898. The fourth-order valence-corrected chi connectivity index (χ4v) is 1.25. The monoisotopic (exact) mass is 222 g/mol. The van der Waals surface area contributed by atoms with Crippen molar-refractivity contribution in [2.24, 2.45) is 0 Å². The molecule has 4 heteroatoms.